The first-order valence-corrected chi connectivity index (χ1v) is 10.9. The van der Waals surface area contributed by atoms with Gasteiger partial charge in [-0.05, 0) is 24.5 Å². The molecule has 24 heavy (non-hydrogen) atoms. The van der Waals surface area contributed by atoms with Gasteiger partial charge in [0.05, 0.1) is 6.26 Å². The van der Waals surface area contributed by atoms with Crippen LogP contribution in [0.2, 0.25) is 0 Å². The Balaban J connectivity index is 2.24. The third-order valence-electron chi connectivity index (χ3n) is 4.04. The molecule has 0 aliphatic carbocycles. The van der Waals surface area contributed by atoms with E-state index < -0.39 is 20.2 Å². The first-order chi connectivity index (χ1) is 11.1. The molecule has 1 aliphatic rings. The molecule has 10 heteroatoms. The number of nitrogens with zero attached hydrogens (tertiary/aromatic N) is 4. The van der Waals surface area contributed by atoms with Gasteiger partial charge in [-0.2, -0.15) is 21.3 Å². The molecule has 0 N–H and O–H groups in total. The number of hydrogen-bond donors (Lipinski definition) is 0. The number of rotatable bonds is 6. The van der Waals surface area contributed by atoms with Crippen molar-refractivity contribution in [1.82, 2.24) is 17.9 Å². The highest BCUT2D eigenvalue weighted by atomic mass is 32.2. The molecule has 0 spiro atoms. The minimum Gasteiger partial charge on any atom is -0.264 e. The Labute approximate surface area is 144 Å². The van der Waals surface area contributed by atoms with Crippen molar-refractivity contribution < 1.29 is 16.8 Å². The number of piperidine rings is 1. The molecule has 8 nitrogen and oxygen atoms in total. The molecular formula is C14H24N4O4S2. The molecule has 0 radical (unpaired) electrons. The summed E-state index contributed by atoms with van der Waals surface area (Å²) in [4.78, 5) is 4.01. The minimum atomic E-state index is -3.55. The van der Waals surface area contributed by atoms with Gasteiger partial charge in [0.25, 0.3) is 10.2 Å². The Hall–Kier alpha value is -1.07. The maximum Gasteiger partial charge on any atom is 0.281 e. The summed E-state index contributed by atoms with van der Waals surface area (Å²) in [5.74, 6) is 0. The van der Waals surface area contributed by atoms with Crippen LogP contribution in [0.1, 0.15) is 18.4 Å². The van der Waals surface area contributed by atoms with Crippen LogP contribution >= 0.6 is 0 Å². The maximum absolute atomic E-state index is 12.3. The van der Waals surface area contributed by atoms with Crippen molar-refractivity contribution in [3.8, 4) is 0 Å². The molecule has 2 heterocycles. The summed E-state index contributed by atoms with van der Waals surface area (Å²) in [5, 5.41) is 0. The van der Waals surface area contributed by atoms with Crippen LogP contribution in [0.25, 0.3) is 0 Å². The van der Waals surface area contributed by atoms with Gasteiger partial charge in [0.1, 0.15) is 0 Å². The Morgan fingerprint density at radius 3 is 2.54 bits per heavy atom. The largest absolute Gasteiger partial charge is 0.281 e. The molecule has 0 amide bonds. The average molecular weight is 377 g/mol. The van der Waals surface area contributed by atoms with E-state index in [0.29, 0.717) is 19.4 Å². The summed E-state index contributed by atoms with van der Waals surface area (Å²) in [6.45, 7) is 0.753. The Kier molecular flexibility index (Phi) is 5.97. The Morgan fingerprint density at radius 2 is 2.00 bits per heavy atom. The van der Waals surface area contributed by atoms with E-state index in [2.05, 4.69) is 4.98 Å². The highest BCUT2D eigenvalue weighted by Gasteiger charge is 2.36. The third-order valence-corrected chi connectivity index (χ3v) is 7.23. The van der Waals surface area contributed by atoms with Crippen molar-refractivity contribution >= 4 is 20.2 Å². The Bertz CT molecular complexity index is 750. The smallest absolute Gasteiger partial charge is 0.264 e. The summed E-state index contributed by atoms with van der Waals surface area (Å²) in [5.41, 5.74) is 0.774. The fourth-order valence-corrected chi connectivity index (χ4v) is 5.06. The van der Waals surface area contributed by atoms with Gasteiger partial charge in [0, 0.05) is 52.2 Å². The summed E-state index contributed by atoms with van der Waals surface area (Å²) < 4.78 is 53.1. The van der Waals surface area contributed by atoms with Crippen molar-refractivity contribution in [1.29, 1.82) is 0 Å². The summed E-state index contributed by atoms with van der Waals surface area (Å²) in [7, 11) is -4.08. The van der Waals surface area contributed by atoms with E-state index in [1.165, 1.54) is 22.7 Å². The second-order valence-electron chi connectivity index (χ2n) is 6.11. The lowest BCUT2D eigenvalue weighted by Gasteiger charge is -2.38. The van der Waals surface area contributed by atoms with Gasteiger partial charge in [-0.3, -0.25) is 4.98 Å². The lowest BCUT2D eigenvalue weighted by Crippen LogP contribution is -2.53. The maximum atomic E-state index is 12.3. The molecule has 136 valence electrons. The second kappa shape index (κ2) is 7.44. The van der Waals surface area contributed by atoms with E-state index in [1.54, 1.807) is 18.5 Å². The van der Waals surface area contributed by atoms with Gasteiger partial charge in [-0.15, -0.1) is 0 Å². The van der Waals surface area contributed by atoms with Crippen LogP contribution in [-0.4, -0.2) is 74.2 Å². The fraction of sp³-hybridized carbons (Fsp3) is 0.643. The molecular weight excluding hydrogens is 352 g/mol. The van der Waals surface area contributed by atoms with Crippen LogP contribution in [0.15, 0.2) is 24.5 Å². The zero-order valence-corrected chi connectivity index (χ0v) is 15.8. The van der Waals surface area contributed by atoms with E-state index in [-0.39, 0.29) is 19.1 Å². The van der Waals surface area contributed by atoms with E-state index in [0.717, 1.165) is 16.1 Å². The summed E-state index contributed by atoms with van der Waals surface area (Å²) in [6, 6.07) is 3.17. The van der Waals surface area contributed by atoms with Gasteiger partial charge in [0.2, 0.25) is 10.0 Å². The van der Waals surface area contributed by atoms with Crippen LogP contribution in [0.4, 0.5) is 0 Å². The predicted molar refractivity (Wildman–Crippen MR) is 91.8 cm³/mol. The molecule has 0 aromatic carbocycles. The van der Waals surface area contributed by atoms with Crippen LogP contribution in [0.5, 0.6) is 0 Å². The third kappa shape index (κ3) is 4.51. The monoisotopic (exact) mass is 376 g/mol. The van der Waals surface area contributed by atoms with Gasteiger partial charge >= 0.3 is 0 Å². The van der Waals surface area contributed by atoms with E-state index in [1.807, 2.05) is 6.07 Å². The van der Waals surface area contributed by atoms with Crippen molar-refractivity contribution in [2.45, 2.75) is 25.4 Å². The molecule has 1 aromatic rings. The standard InChI is InChI=1S/C14H24N4O4S2/c1-16(2)24(21,22)17-9-5-7-14(12-17)18(23(3,19)20)11-13-6-4-8-15-10-13/h4,6,8,10,14H,5,7,9,11-12H2,1-3H3. The first-order valence-electron chi connectivity index (χ1n) is 7.65. The molecule has 1 unspecified atom stereocenters. The fourth-order valence-electron chi connectivity index (χ4n) is 2.79. The van der Waals surface area contributed by atoms with E-state index in [9.17, 15) is 16.8 Å². The van der Waals surface area contributed by atoms with Crippen molar-refractivity contribution in [3.63, 3.8) is 0 Å². The second-order valence-corrected chi connectivity index (χ2v) is 10.2. The molecule has 1 saturated heterocycles. The van der Waals surface area contributed by atoms with Crippen LogP contribution in [0, 0.1) is 0 Å². The van der Waals surface area contributed by atoms with Gasteiger partial charge in [0.15, 0.2) is 0 Å². The Morgan fingerprint density at radius 1 is 1.29 bits per heavy atom. The number of aromatic nitrogens is 1. The molecule has 1 aromatic heterocycles. The molecule has 0 saturated carbocycles. The van der Waals surface area contributed by atoms with Crippen LogP contribution in [-0.2, 0) is 26.8 Å². The van der Waals surface area contributed by atoms with Gasteiger partial charge in [-0.1, -0.05) is 6.07 Å². The van der Waals surface area contributed by atoms with Crippen LogP contribution in [0.3, 0.4) is 0 Å². The zero-order chi connectivity index (χ0) is 18.0. The normalized spacial score (nSPS) is 20.6. The van der Waals surface area contributed by atoms with Crippen molar-refractivity contribution in [2.75, 3.05) is 33.4 Å². The molecule has 1 atom stereocenters. The SMILES string of the molecule is CN(C)S(=O)(=O)N1CCCC(N(Cc2cccnc2)S(C)(=O)=O)C1. The highest BCUT2D eigenvalue weighted by Crippen LogP contribution is 2.23. The quantitative estimate of drug-likeness (QED) is 0.703. The first kappa shape index (κ1) is 19.3. The van der Waals surface area contributed by atoms with Crippen LogP contribution < -0.4 is 0 Å². The van der Waals surface area contributed by atoms with E-state index >= 15 is 0 Å². The number of hydrogen-bond acceptors (Lipinski definition) is 5. The van der Waals surface area contributed by atoms with Gasteiger partial charge < -0.3 is 0 Å². The lowest BCUT2D eigenvalue weighted by molar-refractivity contribution is 0.201. The lowest BCUT2D eigenvalue weighted by atomic mass is 10.1. The van der Waals surface area contributed by atoms with Crippen molar-refractivity contribution in [3.05, 3.63) is 30.1 Å². The van der Waals surface area contributed by atoms with E-state index in [4.69, 9.17) is 0 Å². The zero-order valence-electron chi connectivity index (χ0n) is 14.2. The topological polar surface area (TPSA) is 90.9 Å². The molecule has 0 bridgehead atoms. The average Bonchev–Trinajstić information content (AvgIpc) is 2.52. The molecule has 1 aliphatic heterocycles. The minimum absolute atomic E-state index is 0.161. The van der Waals surface area contributed by atoms with Gasteiger partial charge in [-0.25, -0.2) is 8.42 Å². The molecule has 1 fully saturated rings. The summed E-state index contributed by atoms with van der Waals surface area (Å²) >= 11 is 0. The predicted octanol–water partition coefficient (Wildman–Crippen LogP) is 0.114. The number of pyridine rings is 1. The summed E-state index contributed by atoms with van der Waals surface area (Å²) in [6.07, 6.45) is 5.65. The highest BCUT2D eigenvalue weighted by molar-refractivity contribution is 7.88. The number of sulfonamides is 1. The molecule has 2 rings (SSSR count). The van der Waals surface area contributed by atoms with Crippen molar-refractivity contribution in [2.24, 2.45) is 0 Å².